The van der Waals surface area contributed by atoms with Gasteiger partial charge in [-0.25, -0.2) is 4.21 Å². The van der Waals surface area contributed by atoms with Crippen LogP contribution < -0.4 is 10.9 Å². The molecule has 2 saturated heterocycles. The Morgan fingerprint density at radius 2 is 2.15 bits per heavy atom. The summed E-state index contributed by atoms with van der Waals surface area (Å²) >= 11 is -1.27. The molecule has 0 spiro atoms. The van der Waals surface area contributed by atoms with Gasteiger partial charge in [-0.1, -0.05) is 0 Å². The predicted molar refractivity (Wildman–Crippen MR) is 97.1 cm³/mol. The van der Waals surface area contributed by atoms with Gasteiger partial charge < -0.3 is 15.1 Å². The van der Waals surface area contributed by atoms with Gasteiger partial charge in [-0.05, 0) is 6.92 Å². The van der Waals surface area contributed by atoms with E-state index in [4.69, 9.17) is 14.3 Å². The van der Waals surface area contributed by atoms with E-state index in [0.717, 1.165) is 19.1 Å². The first kappa shape index (κ1) is 19.3. The van der Waals surface area contributed by atoms with Gasteiger partial charge in [0.25, 0.3) is 5.56 Å². The van der Waals surface area contributed by atoms with E-state index in [2.05, 4.69) is 14.9 Å². The van der Waals surface area contributed by atoms with E-state index in [-0.39, 0.29) is 17.7 Å². The van der Waals surface area contributed by atoms with Crippen LogP contribution in [0.25, 0.3) is 0 Å². The van der Waals surface area contributed by atoms with Gasteiger partial charge in [-0.15, -0.1) is 0 Å². The third-order valence-electron chi connectivity index (χ3n) is 4.90. The van der Waals surface area contributed by atoms with Crippen LogP contribution in [-0.4, -0.2) is 70.0 Å². The average molecular weight is 384 g/mol. The van der Waals surface area contributed by atoms with Crippen molar-refractivity contribution >= 4 is 23.1 Å². The SMILES string of the molecule is CC(c1nc([NH2+]C2CCOCC2)c(C=N)c(=O)[nH]1)N1CC(OS(C)=O)C1. The van der Waals surface area contributed by atoms with E-state index < -0.39 is 11.1 Å². The molecule has 9 nitrogen and oxygen atoms in total. The molecule has 0 bridgehead atoms. The topological polar surface area (TPSA) is 125 Å². The zero-order chi connectivity index (χ0) is 18.7. The van der Waals surface area contributed by atoms with Crippen molar-refractivity contribution in [1.29, 1.82) is 5.41 Å². The maximum Gasteiger partial charge on any atom is 0.266 e. The summed E-state index contributed by atoms with van der Waals surface area (Å²) in [5.41, 5.74) is -0.00298. The third-order valence-corrected chi connectivity index (χ3v) is 5.44. The van der Waals surface area contributed by atoms with E-state index >= 15 is 0 Å². The standard InChI is InChI=1S/C16H25N5O4S/c1-10(21-8-12(9-21)25-26(2)23)14-19-15(13(7-17)16(22)20-14)18-11-3-5-24-6-4-11/h7,10-12,17H,3-6,8-9H2,1-2H3,(H2,18,19,20,22)/p+1. The Bertz CT molecular complexity index is 728. The van der Waals surface area contributed by atoms with E-state index in [1.165, 1.54) is 6.26 Å². The van der Waals surface area contributed by atoms with Crippen molar-refractivity contribution in [3.8, 4) is 0 Å². The molecule has 2 aliphatic rings. The minimum atomic E-state index is -1.27. The Morgan fingerprint density at radius 3 is 2.77 bits per heavy atom. The van der Waals surface area contributed by atoms with Crippen LogP contribution in [0, 0.1) is 5.41 Å². The third kappa shape index (κ3) is 4.44. The molecule has 2 atom stereocenters. The Hall–Kier alpha value is -1.46. The first-order valence-electron chi connectivity index (χ1n) is 8.80. The predicted octanol–water partition coefficient (Wildman–Crippen LogP) is -0.803. The minimum absolute atomic E-state index is 0.0517. The molecule has 2 unspecified atom stereocenters. The van der Waals surface area contributed by atoms with E-state index in [0.29, 0.717) is 49.6 Å². The molecular weight excluding hydrogens is 358 g/mol. The molecule has 2 aliphatic heterocycles. The molecule has 3 rings (SSSR count). The molecule has 10 heteroatoms. The number of likely N-dealkylation sites (tertiary alicyclic amines) is 1. The Kier molecular flexibility index (Phi) is 6.30. The Labute approximate surface area is 154 Å². The second-order valence-corrected chi connectivity index (χ2v) is 7.76. The van der Waals surface area contributed by atoms with Gasteiger partial charge in [0.05, 0.1) is 25.3 Å². The van der Waals surface area contributed by atoms with Gasteiger partial charge in [0, 0.05) is 38.4 Å². The molecule has 0 radical (unpaired) electrons. The molecule has 0 aromatic carbocycles. The fraction of sp³-hybridized carbons (Fsp3) is 0.688. The fourth-order valence-electron chi connectivity index (χ4n) is 3.30. The summed E-state index contributed by atoms with van der Waals surface area (Å²) in [4.78, 5) is 22.0. The van der Waals surface area contributed by atoms with Crippen molar-refractivity contribution in [1.82, 2.24) is 14.9 Å². The van der Waals surface area contributed by atoms with Gasteiger partial charge >= 0.3 is 0 Å². The number of aromatic nitrogens is 2. The lowest BCUT2D eigenvalue weighted by atomic mass is 10.1. The first-order chi connectivity index (χ1) is 12.5. The number of nitrogens with two attached hydrogens (primary N) is 1. The number of nitrogens with one attached hydrogen (secondary N) is 2. The highest BCUT2D eigenvalue weighted by Crippen LogP contribution is 2.24. The van der Waals surface area contributed by atoms with Crippen LogP contribution in [0.15, 0.2) is 4.79 Å². The number of rotatable bonds is 7. The molecule has 1 aromatic heterocycles. The molecule has 4 N–H and O–H groups in total. The second kappa shape index (κ2) is 8.49. The van der Waals surface area contributed by atoms with Crippen LogP contribution in [0.4, 0.5) is 5.82 Å². The molecule has 3 heterocycles. The number of nitrogens with zero attached hydrogens (tertiary/aromatic N) is 2. The van der Waals surface area contributed by atoms with Crippen molar-refractivity contribution in [2.75, 3.05) is 32.6 Å². The summed E-state index contributed by atoms with van der Waals surface area (Å²) in [6.45, 7) is 4.69. The number of hydrogen-bond donors (Lipinski definition) is 3. The smallest absolute Gasteiger partial charge is 0.266 e. The molecule has 0 aliphatic carbocycles. The summed E-state index contributed by atoms with van der Waals surface area (Å²) in [5, 5.41) is 9.56. The van der Waals surface area contributed by atoms with Crippen LogP contribution in [0.2, 0.25) is 0 Å². The lowest BCUT2D eigenvalue weighted by Crippen LogP contribution is -2.86. The Balaban J connectivity index is 1.74. The molecule has 26 heavy (non-hydrogen) atoms. The van der Waals surface area contributed by atoms with Crippen LogP contribution in [0.1, 0.15) is 37.2 Å². The van der Waals surface area contributed by atoms with Gasteiger partial charge in [-0.2, -0.15) is 4.98 Å². The van der Waals surface area contributed by atoms with Gasteiger partial charge in [0.1, 0.15) is 17.5 Å². The average Bonchev–Trinajstić information content (AvgIpc) is 2.57. The van der Waals surface area contributed by atoms with Gasteiger partial charge in [0.2, 0.25) is 5.82 Å². The molecule has 0 amide bonds. The van der Waals surface area contributed by atoms with E-state index in [1.54, 1.807) is 0 Å². The quantitative estimate of drug-likeness (QED) is 0.529. The van der Waals surface area contributed by atoms with Crippen molar-refractivity contribution in [2.45, 2.75) is 38.0 Å². The fourth-order valence-corrected chi connectivity index (χ4v) is 3.80. The monoisotopic (exact) mass is 384 g/mol. The summed E-state index contributed by atoms with van der Waals surface area (Å²) in [5.74, 6) is 1.15. The van der Waals surface area contributed by atoms with Crippen LogP contribution in [0.3, 0.4) is 0 Å². The number of quaternary nitrogens is 1. The summed E-state index contributed by atoms with van der Waals surface area (Å²) in [7, 11) is 0. The van der Waals surface area contributed by atoms with E-state index in [1.807, 2.05) is 12.2 Å². The minimum Gasteiger partial charge on any atom is -0.381 e. The van der Waals surface area contributed by atoms with Crippen LogP contribution >= 0.6 is 0 Å². The van der Waals surface area contributed by atoms with Crippen LogP contribution in [0.5, 0.6) is 0 Å². The summed E-state index contributed by atoms with van der Waals surface area (Å²) in [6, 6.07) is 0.218. The highest BCUT2D eigenvalue weighted by Gasteiger charge is 2.34. The van der Waals surface area contributed by atoms with Crippen molar-refractivity contribution < 1.29 is 18.4 Å². The molecule has 2 fully saturated rings. The highest BCUT2D eigenvalue weighted by molar-refractivity contribution is 7.79. The molecule has 0 saturated carbocycles. The van der Waals surface area contributed by atoms with Gasteiger partial charge in [0.15, 0.2) is 11.1 Å². The van der Waals surface area contributed by atoms with Crippen molar-refractivity contribution in [2.24, 2.45) is 0 Å². The summed E-state index contributed by atoms with van der Waals surface area (Å²) in [6.07, 6.45) is 4.32. The van der Waals surface area contributed by atoms with Crippen molar-refractivity contribution in [3.05, 3.63) is 21.7 Å². The zero-order valence-corrected chi connectivity index (χ0v) is 15.9. The Morgan fingerprint density at radius 1 is 1.46 bits per heavy atom. The molecule has 1 aromatic rings. The molecule has 144 valence electrons. The number of aromatic amines is 1. The normalized spacial score (nSPS) is 21.9. The number of hydrogen-bond acceptors (Lipinski definition) is 7. The zero-order valence-electron chi connectivity index (χ0n) is 15.1. The number of H-pyrrole nitrogens is 1. The highest BCUT2D eigenvalue weighted by atomic mass is 32.2. The van der Waals surface area contributed by atoms with Crippen molar-refractivity contribution in [3.63, 3.8) is 0 Å². The summed E-state index contributed by atoms with van der Waals surface area (Å²) < 4.78 is 21.8. The molecular formula is C16H26N5O4S+. The van der Waals surface area contributed by atoms with Crippen LogP contribution in [-0.2, 0) is 20.0 Å². The van der Waals surface area contributed by atoms with E-state index in [9.17, 15) is 9.00 Å². The second-order valence-electron chi connectivity index (χ2n) is 6.76. The largest absolute Gasteiger partial charge is 0.381 e. The maximum atomic E-state index is 12.4. The van der Waals surface area contributed by atoms with Gasteiger partial charge in [-0.3, -0.25) is 19.2 Å². The lowest BCUT2D eigenvalue weighted by Gasteiger charge is -2.41. The number of ether oxygens (including phenoxy) is 1. The lowest BCUT2D eigenvalue weighted by molar-refractivity contribution is -0.619. The first-order valence-corrected chi connectivity index (χ1v) is 10.3. The maximum absolute atomic E-state index is 12.4.